The number of nitrogens with one attached hydrogen (secondary N) is 1. The summed E-state index contributed by atoms with van der Waals surface area (Å²) >= 11 is 0. The van der Waals surface area contributed by atoms with Crippen molar-refractivity contribution in [2.24, 2.45) is 11.8 Å². The van der Waals surface area contributed by atoms with Gasteiger partial charge in [-0.1, -0.05) is 19.0 Å². The number of carbonyl (C=O) groups excluding carboxylic acids is 2. The van der Waals surface area contributed by atoms with Crippen LogP contribution < -0.4 is 5.32 Å². The SMILES string of the molecule is Cc1noc([C@]23C[C@H](NC(=O)c4ocnc4C)C[C@H]2CN(C(=O)C(C)C)C3)n1. The molecule has 3 heterocycles. The average molecular weight is 387 g/mol. The summed E-state index contributed by atoms with van der Waals surface area (Å²) in [6, 6.07) is -0.0643. The highest BCUT2D eigenvalue weighted by molar-refractivity contribution is 5.92. The van der Waals surface area contributed by atoms with Gasteiger partial charge in [0, 0.05) is 25.0 Å². The van der Waals surface area contributed by atoms with Crippen molar-refractivity contribution in [2.45, 2.75) is 52.0 Å². The van der Waals surface area contributed by atoms with E-state index >= 15 is 0 Å². The maximum absolute atomic E-state index is 12.6. The number of nitrogens with zero attached hydrogens (tertiary/aromatic N) is 4. The normalized spacial score (nSPS) is 26.7. The number of carbonyl (C=O) groups is 2. The van der Waals surface area contributed by atoms with E-state index in [1.165, 1.54) is 6.39 Å². The van der Waals surface area contributed by atoms with Gasteiger partial charge in [0.2, 0.25) is 17.6 Å². The van der Waals surface area contributed by atoms with E-state index < -0.39 is 5.41 Å². The van der Waals surface area contributed by atoms with Crippen LogP contribution in [0.15, 0.2) is 15.3 Å². The zero-order chi connectivity index (χ0) is 20.1. The second-order valence-corrected chi connectivity index (χ2v) is 8.25. The highest BCUT2D eigenvalue weighted by Gasteiger charge is 2.58. The van der Waals surface area contributed by atoms with Crippen molar-refractivity contribution in [3.8, 4) is 0 Å². The number of fused-ring (bicyclic) bond motifs is 1. The van der Waals surface area contributed by atoms with Crippen LogP contribution in [-0.4, -0.2) is 51.0 Å². The molecule has 9 heteroatoms. The molecule has 0 spiro atoms. The Balaban J connectivity index is 1.57. The molecule has 2 aliphatic rings. The second kappa shape index (κ2) is 6.72. The Bertz CT molecular complexity index is 904. The zero-order valence-electron chi connectivity index (χ0n) is 16.6. The average Bonchev–Trinajstić information content (AvgIpc) is 3.37. The highest BCUT2D eigenvalue weighted by atomic mass is 16.5. The molecule has 2 aromatic heterocycles. The van der Waals surface area contributed by atoms with Crippen LogP contribution in [0, 0.1) is 25.7 Å². The van der Waals surface area contributed by atoms with Gasteiger partial charge in [0.25, 0.3) is 5.91 Å². The molecule has 1 aliphatic carbocycles. The summed E-state index contributed by atoms with van der Waals surface area (Å²) in [5.41, 5.74) is 0.131. The van der Waals surface area contributed by atoms with Crippen molar-refractivity contribution in [3.05, 3.63) is 29.6 Å². The third kappa shape index (κ3) is 2.98. The molecule has 3 atom stereocenters. The van der Waals surface area contributed by atoms with Crippen LogP contribution in [0.1, 0.15) is 54.7 Å². The third-order valence-electron chi connectivity index (χ3n) is 5.92. The Labute approximate surface area is 162 Å². The minimum Gasteiger partial charge on any atom is -0.438 e. The Morgan fingerprint density at radius 3 is 2.75 bits per heavy atom. The van der Waals surface area contributed by atoms with E-state index in [2.05, 4.69) is 20.4 Å². The summed E-state index contributed by atoms with van der Waals surface area (Å²) in [6.45, 7) is 8.49. The van der Waals surface area contributed by atoms with Gasteiger partial charge in [-0.05, 0) is 32.6 Å². The molecular formula is C19H25N5O4. The molecule has 4 rings (SSSR count). The van der Waals surface area contributed by atoms with Gasteiger partial charge in [-0.15, -0.1) is 0 Å². The molecule has 150 valence electrons. The summed E-state index contributed by atoms with van der Waals surface area (Å²) in [4.78, 5) is 35.5. The van der Waals surface area contributed by atoms with Crippen molar-refractivity contribution >= 4 is 11.8 Å². The number of rotatable bonds is 4. The van der Waals surface area contributed by atoms with Crippen molar-refractivity contribution < 1.29 is 18.5 Å². The first-order valence-corrected chi connectivity index (χ1v) is 9.60. The van der Waals surface area contributed by atoms with Gasteiger partial charge in [-0.3, -0.25) is 9.59 Å². The van der Waals surface area contributed by atoms with Crippen molar-refractivity contribution in [3.63, 3.8) is 0 Å². The molecule has 1 N–H and O–H groups in total. The van der Waals surface area contributed by atoms with Gasteiger partial charge in [0.05, 0.1) is 11.1 Å². The summed E-state index contributed by atoms with van der Waals surface area (Å²) in [5.74, 6) is 1.30. The molecule has 2 amide bonds. The fraction of sp³-hybridized carbons (Fsp3) is 0.632. The van der Waals surface area contributed by atoms with E-state index in [9.17, 15) is 9.59 Å². The minimum atomic E-state index is -0.430. The number of aromatic nitrogens is 3. The monoisotopic (exact) mass is 387 g/mol. The molecule has 28 heavy (non-hydrogen) atoms. The lowest BCUT2D eigenvalue weighted by atomic mass is 9.80. The topological polar surface area (TPSA) is 114 Å². The van der Waals surface area contributed by atoms with Crippen molar-refractivity contribution in [1.29, 1.82) is 0 Å². The standard InChI is InChI=1S/C19H25N5O4/c1-10(2)17(26)24-7-13-5-14(22-16(25)15-11(3)20-9-27-15)6-19(13,8-24)18-21-12(4)23-28-18/h9-10,13-14H,5-8H2,1-4H3,(H,22,25)/t13-,14+,19-/m0/s1. The van der Waals surface area contributed by atoms with E-state index in [1.54, 1.807) is 13.8 Å². The molecule has 2 fully saturated rings. The molecule has 1 aliphatic heterocycles. The van der Waals surface area contributed by atoms with Gasteiger partial charge in [0.15, 0.2) is 12.2 Å². The number of amides is 2. The first-order chi connectivity index (χ1) is 13.3. The largest absolute Gasteiger partial charge is 0.438 e. The number of aryl methyl sites for hydroxylation is 2. The predicted octanol–water partition coefficient (Wildman–Crippen LogP) is 1.62. The van der Waals surface area contributed by atoms with Crippen molar-refractivity contribution in [2.75, 3.05) is 13.1 Å². The lowest BCUT2D eigenvalue weighted by Gasteiger charge is -2.26. The lowest BCUT2D eigenvalue weighted by molar-refractivity contribution is -0.133. The zero-order valence-corrected chi connectivity index (χ0v) is 16.6. The lowest BCUT2D eigenvalue weighted by Crippen LogP contribution is -2.40. The molecule has 1 saturated heterocycles. The van der Waals surface area contributed by atoms with Crippen LogP contribution in [-0.2, 0) is 10.2 Å². The number of hydrogen-bond donors (Lipinski definition) is 1. The van der Waals surface area contributed by atoms with E-state index in [-0.39, 0.29) is 35.5 Å². The van der Waals surface area contributed by atoms with Crippen LogP contribution in [0.5, 0.6) is 0 Å². The fourth-order valence-corrected chi connectivity index (χ4v) is 4.62. The molecule has 9 nitrogen and oxygen atoms in total. The van der Waals surface area contributed by atoms with Gasteiger partial charge >= 0.3 is 0 Å². The Hall–Kier alpha value is -2.71. The van der Waals surface area contributed by atoms with Gasteiger partial charge in [0.1, 0.15) is 0 Å². The molecule has 2 aromatic rings. The minimum absolute atomic E-state index is 0.0643. The number of hydrogen-bond acceptors (Lipinski definition) is 7. The van der Waals surface area contributed by atoms with E-state index in [1.807, 2.05) is 18.7 Å². The summed E-state index contributed by atoms with van der Waals surface area (Å²) in [5, 5.41) is 7.01. The molecule has 0 bridgehead atoms. The smallest absolute Gasteiger partial charge is 0.289 e. The van der Waals surface area contributed by atoms with E-state index in [4.69, 9.17) is 8.94 Å². The van der Waals surface area contributed by atoms with Gasteiger partial charge in [-0.2, -0.15) is 4.98 Å². The molecule has 1 saturated carbocycles. The van der Waals surface area contributed by atoms with Crippen LogP contribution in [0.4, 0.5) is 0 Å². The first kappa shape index (κ1) is 18.6. The van der Waals surface area contributed by atoms with Crippen LogP contribution in [0.25, 0.3) is 0 Å². The molecule has 0 unspecified atom stereocenters. The Morgan fingerprint density at radius 1 is 1.36 bits per heavy atom. The molecular weight excluding hydrogens is 362 g/mol. The Kier molecular flexibility index (Phi) is 4.47. The highest BCUT2D eigenvalue weighted by Crippen LogP contribution is 2.50. The maximum atomic E-state index is 12.6. The first-order valence-electron chi connectivity index (χ1n) is 9.60. The Morgan fingerprint density at radius 2 is 2.14 bits per heavy atom. The fourth-order valence-electron chi connectivity index (χ4n) is 4.62. The summed E-state index contributed by atoms with van der Waals surface area (Å²) < 4.78 is 10.7. The quantitative estimate of drug-likeness (QED) is 0.848. The molecule has 0 radical (unpaired) electrons. The summed E-state index contributed by atoms with van der Waals surface area (Å²) in [7, 11) is 0. The predicted molar refractivity (Wildman–Crippen MR) is 97.3 cm³/mol. The van der Waals surface area contributed by atoms with E-state index in [0.29, 0.717) is 36.9 Å². The maximum Gasteiger partial charge on any atom is 0.289 e. The van der Waals surface area contributed by atoms with Crippen LogP contribution in [0.2, 0.25) is 0 Å². The second-order valence-electron chi connectivity index (χ2n) is 8.25. The summed E-state index contributed by atoms with van der Waals surface area (Å²) in [6.07, 6.45) is 2.65. The molecule has 0 aromatic carbocycles. The van der Waals surface area contributed by atoms with Gasteiger partial charge < -0.3 is 19.2 Å². The van der Waals surface area contributed by atoms with Crippen molar-refractivity contribution in [1.82, 2.24) is 25.3 Å². The van der Waals surface area contributed by atoms with Gasteiger partial charge in [-0.25, -0.2) is 4.98 Å². The van der Waals surface area contributed by atoms with E-state index in [0.717, 1.165) is 6.42 Å². The number of likely N-dealkylation sites (tertiary alicyclic amines) is 1. The third-order valence-corrected chi connectivity index (χ3v) is 5.92. The van der Waals surface area contributed by atoms with Crippen LogP contribution >= 0.6 is 0 Å². The van der Waals surface area contributed by atoms with Crippen LogP contribution in [0.3, 0.4) is 0 Å². The number of oxazole rings is 1.